The van der Waals surface area contributed by atoms with Crippen LogP contribution in [0.4, 0.5) is 5.69 Å². The first-order chi connectivity index (χ1) is 14.3. The van der Waals surface area contributed by atoms with Gasteiger partial charge in [0.25, 0.3) is 0 Å². The molecular weight excluding hydrogens is 406 g/mol. The fourth-order valence-corrected chi connectivity index (χ4v) is 5.01. The van der Waals surface area contributed by atoms with Crippen molar-refractivity contribution in [3.8, 4) is 5.75 Å². The number of rotatable bonds is 11. The van der Waals surface area contributed by atoms with E-state index in [4.69, 9.17) is 9.47 Å². The Labute approximate surface area is 180 Å². The SMILES string of the molecule is CCOc1ccc(S(=O)(=O)N2CCOCC2)cc1NC(=O)CNC(CC)(CC)CC. The topological polar surface area (TPSA) is 97.0 Å². The largest absolute Gasteiger partial charge is 0.492 e. The molecule has 2 N–H and O–H groups in total. The maximum Gasteiger partial charge on any atom is 0.243 e. The molecule has 30 heavy (non-hydrogen) atoms. The van der Waals surface area contributed by atoms with Gasteiger partial charge in [0.1, 0.15) is 5.75 Å². The van der Waals surface area contributed by atoms with E-state index in [0.717, 1.165) is 19.3 Å². The van der Waals surface area contributed by atoms with Crippen molar-refractivity contribution in [1.82, 2.24) is 9.62 Å². The van der Waals surface area contributed by atoms with Gasteiger partial charge < -0.3 is 20.1 Å². The zero-order valence-corrected chi connectivity index (χ0v) is 19.3. The van der Waals surface area contributed by atoms with Crippen LogP contribution < -0.4 is 15.4 Å². The molecule has 1 amide bonds. The minimum atomic E-state index is -3.67. The van der Waals surface area contributed by atoms with Gasteiger partial charge in [-0.25, -0.2) is 8.42 Å². The number of anilines is 1. The number of nitrogens with zero attached hydrogens (tertiary/aromatic N) is 1. The summed E-state index contributed by atoms with van der Waals surface area (Å²) in [5, 5.41) is 6.18. The molecule has 0 aromatic heterocycles. The molecule has 0 unspecified atom stereocenters. The monoisotopic (exact) mass is 441 g/mol. The van der Waals surface area contributed by atoms with Gasteiger partial charge in [0.15, 0.2) is 0 Å². The Morgan fingerprint density at radius 2 is 1.77 bits per heavy atom. The summed E-state index contributed by atoms with van der Waals surface area (Å²) < 4.78 is 38.2. The fourth-order valence-electron chi connectivity index (χ4n) is 3.57. The average molecular weight is 442 g/mol. The van der Waals surface area contributed by atoms with Crippen LogP contribution in [0.15, 0.2) is 23.1 Å². The van der Waals surface area contributed by atoms with E-state index in [9.17, 15) is 13.2 Å². The Morgan fingerprint density at radius 3 is 2.33 bits per heavy atom. The maximum absolute atomic E-state index is 13.0. The van der Waals surface area contributed by atoms with E-state index >= 15 is 0 Å². The van der Waals surface area contributed by atoms with Crippen LogP contribution in [-0.4, -0.2) is 63.6 Å². The first-order valence-electron chi connectivity index (χ1n) is 10.7. The number of carbonyl (C=O) groups is 1. The molecule has 1 heterocycles. The minimum absolute atomic E-state index is 0.0817. The number of hydrogen-bond acceptors (Lipinski definition) is 6. The highest BCUT2D eigenvalue weighted by Crippen LogP contribution is 2.29. The highest BCUT2D eigenvalue weighted by Gasteiger charge is 2.28. The molecule has 1 aromatic rings. The second kappa shape index (κ2) is 11.1. The molecule has 1 aromatic carbocycles. The number of carbonyl (C=O) groups excluding carboxylic acids is 1. The number of ether oxygens (including phenoxy) is 2. The van der Waals surface area contributed by atoms with E-state index in [0.29, 0.717) is 44.3 Å². The van der Waals surface area contributed by atoms with E-state index in [-0.39, 0.29) is 22.9 Å². The standard InChI is InChI=1S/C21H35N3O5S/c1-5-21(6-2,7-3)22-16-20(25)23-18-15-17(9-10-19(18)29-8-4)30(26,27)24-11-13-28-14-12-24/h9-10,15,22H,5-8,11-14,16H2,1-4H3,(H,23,25). The third-order valence-electron chi connectivity index (χ3n) is 5.79. The third kappa shape index (κ3) is 5.94. The van der Waals surface area contributed by atoms with Crippen LogP contribution in [0.5, 0.6) is 5.75 Å². The van der Waals surface area contributed by atoms with Crippen LogP contribution in [0.25, 0.3) is 0 Å². The van der Waals surface area contributed by atoms with Crippen molar-refractivity contribution in [3.63, 3.8) is 0 Å². The quantitative estimate of drug-likeness (QED) is 0.548. The number of hydrogen-bond donors (Lipinski definition) is 2. The van der Waals surface area contributed by atoms with Crippen LogP contribution in [0.2, 0.25) is 0 Å². The van der Waals surface area contributed by atoms with Crippen molar-refractivity contribution in [2.24, 2.45) is 0 Å². The van der Waals surface area contributed by atoms with Crippen molar-refractivity contribution in [2.45, 2.75) is 57.4 Å². The molecule has 0 saturated carbocycles. The van der Waals surface area contributed by atoms with E-state index in [1.165, 1.54) is 16.4 Å². The second-order valence-corrected chi connectivity index (χ2v) is 9.29. The van der Waals surface area contributed by atoms with Gasteiger partial charge in [-0.2, -0.15) is 4.31 Å². The van der Waals surface area contributed by atoms with Crippen LogP contribution in [0.1, 0.15) is 47.0 Å². The van der Waals surface area contributed by atoms with E-state index in [1.54, 1.807) is 6.07 Å². The van der Waals surface area contributed by atoms with Crippen molar-refractivity contribution < 1.29 is 22.7 Å². The van der Waals surface area contributed by atoms with E-state index in [2.05, 4.69) is 31.4 Å². The normalized spacial score (nSPS) is 15.7. The first kappa shape index (κ1) is 24.6. The van der Waals surface area contributed by atoms with Gasteiger partial charge >= 0.3 is 0 Å². The Balaban J connectivity index is 2.20. The highest BCUT2D eigenvalue weighted by atomic mass is 32.2. The summed E-state index contributed by atoms with van der Waals surface area (Å²) in [5.41, 5.74) is 0.273. The summed E-state index contributed by atoms with van der Waals surface area (Å²) in [5.74, 6) is 0.205. The van der Waals surface area contributed by atoms with Crippen LogP contribution >= 0.6 is 0 Å². The van der Waals surface area contributed by atoms with Crippen molar-refractivity contribution >= 4 is 21.6 Å². The Hall–Kier alpha value is -1.68. The lowest BCUT2D eigenvalue weighted by Crippen LogP contribution is -2.47. The van der Waals surface area contributed by atoms with E-state index in [1.807, 2.05) is 6.92 Å². The Bertz CT molecular complexity index is 795. The lowest BCUT2D eigenvalue weighted by molar-refractivity contribution is -0.115. The van der Waals surface area contributed by atoms with Crippen molar-refractivity contribution in [2.75, 3.05) is 44.8 Å². The van der Waals surface area contributed by atoms with Crippen molar-refractivity contribution in [3.05, 3.63) is 18.2 Å². The fraction of sp³-hybridized carbons (Fsp3) is 0.667. The second-order valence-electron chi connectivity index (χ2n) is 7.35. The lowest BCUT2D eigenvalue weighted by atomic mass is 9.90. The first-order valence-corrected chi connectivity index (χ1v) is 12.2. The van der Waals surface area contributed by atoms with Gasteiger partial charge in [0, 0.05) is 18.6 Å². The molecule has 0 aliphatic carbocycles. The summed E-state index contributed by atoms with van der Waals surface area (Å²) in [7, 11) is -3.67. The zero-order chi connectivity index (χ0) is 22.2. The summed E-state index contributed by atoms with van der Waals surface area (Å²) in [6.45, 7) is 10.1. The molecule has 0 radical (unpaired) electrons. The smallest absolute Gasteiger partial charge is 0.243 e. The van der Waals surface area contributed by atoms with Crippen molar-refractivity contribution in [1.29, 1.82) is 0 Å². The molecule has 170 valence electrons. The predicted octanol–water partition coefficient (Wildman–Crippen LogP) is 2.60. The summed E-state index contributed by atoms with van der Waals surface area (Å²) >= 11 is 0. The number of amides is 1. The molecule has 1 fully saturated rings. The molecule has 0 atom stereocenters. The minimum Gasteiger partial charge on any atom is -0.492 e. The van der Waals surface area contributed by atoms with Gasteiger partial charge in [-0.15, -0.1) is 0 Å². The molecule has 2 rings (SSSR count). The van der Waals surface area contributed by atoms with Crippen LogP contribution in [0.3, 0.4) is 0 Å². The Kier molecular flexibility index (Phi) is 9.09. The molecular formula is C21H35N3O5S. The third-order valence-corrected chi connectivity index (χ3v) is 7.68. The average Bonchev–Trinajstić information content (AvgIpc) is 2.77. The van der Waals surface area contributed by atoms with Gasteiger partial charge in [0.05, 0.1) is 36.9 Å². The van der Waals surface area contributed by atoms with Gasteiger partial charge in [-0.05, 0) is 44.4 Å². The summed E-state index contributed by atoms with van der Waals surface area (Å²) in [4.78, 5) is 12.7. The lowest BCUT2D eigenvalue weighted by Gasteiger charge is -2.31. The molecule has 1 aliphatic rings. The van der Waals surface area contributed by atoms with Gasteiger partial charge in [-0.1, -0.05) is 20.8 Å². The number of benzene rings is 1. The van der Waals surface area contributed by atoms with Crippen LogP contribution in [0, 0.1) is 0 Å². The maximum atomic E-state index is 13.0. The highest BCUT2D eigenvalue weighted by molar-refractivity contribution is 7.89. The van der Waals surface area contributed by atoms with Gasteiger partial charge in [0.2, 0.25) is 15.9 Å². The Morgan fingerprint density at radius 1 is 1.13 bits per heavy atom. The number of sulfonamides is 1. The zero-order valence-electron chi connectivity index (χ0n) is 18.5. The number of morpholine rings is 1. The summed E-state index contributed by atoms with van der Waals surface area (Å²) in [6.07, 6.45) is 2.76. The molecule has 1 saturated heterocycles. The van der Waals surface area contributed by atoms with Gasteiger partial charge in [-0.3, -0.25) is 4.79 Å². The molecule has 1 aliphatic heterocycles. The molecule has 0 bridgehead atoms. The molecule has 8 nitrogen and oxygen atoms in total. The summed E-state index contributed by atoms with van der Waals surface area (Å²) in [6, 6.07) is 4.58. The van der Waals surface area contributed by atoms with Crippen LogP contribution in [-0.2, 0) is 19.6 Å². The van der Waals surface area contributed by atoms with E-state index < -0.39 is 10.0 Å². The molecule has 0 spiro atoms. The predicted molar refractivity (Wildman–Crippen MR) is 117 cm³/mol. The molecule has 9 heteroatoms. The number of nitrogens with one attached hydrogen (secondary N) is 2.